The Balaban J connectivity index is 0.000000131. The molecule has 4 aromatic heterocycles. The number of carbonyl (C=O) groups excluding carboxylic acids is 4. The zero-order valence-electron chi connectivity index (χ0n) is 61.0. The number of benzene rings is 8. The van der Waals surface area contributed by atoms with E-state index in [9.17, 15) is 19.2 Å². The number of aromatic nitrogens is 4. The quantitative estimate of drug-likeness (QED) is 0.0656. The van der Waals surface area contributed by atoms with E-state index in [-0.39, 0.29) is 24.2 Å². The van der Waals surface area contributed by atoms with E-state index in [1.807, 2.05) is 243 Å². The zero-order chi connectivity index (χ0) is 77.4. The third-order valence-electron chi connectivity index (χ3n) is 18.0. The van der Waals surface area contributed by atoms with Crippen molar-refractivity contribution in [2.45, 2.75) is 48.6 Å². The van der Waals surface area contributed by atoms with Gasteiger partial charge in [-0.25, -0.2) is 19.2 Å². The van der Waals surface area contributed by atoms with Crippen molar-refractivity contribution in [3.8, 4) is 70.4 Å². The Bertz CT molecular complexity index is 4910. The molecule has 8 aromatic carbocycles. The Labute approximate surface area is 647 Å². The Kier molecular flexibility index (Phi) is 24.8. The molecule has 4 saturated heterocycles. The van der Waals surface area contributed by atoms with Crippen LogP contribution in [0.4, 0.5) is 19.2 Å². The molecule has 20 nitrogen and oxygen atoms in total. The van der Waals surface area contributed by atoms with Gasteiger partial charge in [0.1, 0.15) is 47.2 Å². The average Bonchev–Trinajstić information content (AvgIpc) is 1.60. The van der Waals surface area contributed by atoms with E-state index in [1.54, 1.807) is 78.0 Å². The first-order chi connectivity index (χ1) is 55.0. The van der Waals surface area contributed by atoms with Gasteiger partial charge in [0.15, 0.2) is 24.4 Å². The molecule has 0 unspecified atom stereocenters. The van der Waals surface area contributed by atoms with Gasteiger partial charge in [-0.3, -0.25) is 19.9 Å². The van der Waals surface area contributed by atoms with Gasteiger partial charge in [-0.1, -0.05) is 193 Å². The number of pyridine rings is 4. The summed E-state index contributed by atoms with van der Waals surface area (Å²) in [6, 6.07) is 75.2. The maximum absolute atomic E-state index is 12.0. The van der Waals surface area contributed by atoms with Gasteiger partial charge >= 0.3 is 24.4 Å². The molecular formula is C92H72N8O12. The first-order valence-electron chi connectivity index (χ1n) is 35.5. The SMILES string of the molecule is COc1ccccc1[C@@H]1OC(=O)N[C@@H]1c1cncc(C#Cc2ccccc2)c1.COc1ccccc1[C@@H]1OC(=O)N[C@H]1c1cncc(C#Cc2ccccc2)c1.COc1ccccc1[C@H]1OC(=O)N[C@@H]1c1cncc(C#Cc2ccccc2)c1.COc1ccccc1[C@H]1OC(=O)N[C@H]1c1cncc(C#Cc2ccccc2)c1. The number of para-hydroxylation sites is 4. The number of ether oxygens (including phenoxy) is 8. The highest BCUT2D eigenvalue weighted by Crippen LogP contribution is 2.45. The molecule has 4 amide bonds. The van der Waals surface area contributed by atoms with Crippen LogP contribution in [0, 0.1) is 47.4 Å². The summed E-state index contributed by atoms with van der Waals surface area (Å²) in [6.07, 6.45) is 9.76. The molecule has 8 heterocycles. The molecule has 4 aliphatic rings. The molecule has 0 bridgehead atoms. The van der Waals surface area contributed by atoms with Gasteiger partial charge in [0.2, 0.25) is 0 Å². The van der Waals surface area contributed by atoms with Crippen molar-refractivity contribution >= 4 is 24.4 Å². The fourth-order valence-electron chi connectivity index (χ4n) is 12.7. The van der Waals surface area contributed by atoms with Gasteiger partial charge in [0, 0.05) is 116 Å². The number of cyclic esters (lactones) is 4. The van der Waals surface area contributed by atoms with Gasteiger partial charge in [0.05, 0.1) is 28.4 Å². The number of rotatable bonds is 12. The zero-order valence-corrected chi connectivity index (χ0v) is 61.0. The van der Waals surface area contributed by atoms with Crippen molar-refractivity contribution in [2.75, 3.05) is 28.4 Å². The third kappa shape index (κ3) is 19.2. The topological polar surface area (TPSA) is 242 Å². The summed E-state index contributed by atoms with van der Waals surface area (Å²) in [5.74, 6) is 27.6. The molecule has 20 heteroatoms. The fourth-order valence-corrected chi connectivity index (χ4v) is 12.7. The largest absolute Gasteiger partial charge is 0.496 e. The lowest BCUT2D eigenvalue weighted by atomic mass is 9.96. The van der Waals surface area contributed by atoms with E-state index in [2.05, 4.69) is 88.6 Å². The molecule has 552 valence electrons. The van der Waals surface area contributed by atoms with Crippen molar-refractivity contribution in [3.63, 3.8) is 0 Å². The van der Waals surface area contributed by atoms with Crippen LogP contribution in [0.3, 0.4) is 0 Å². The van der Waals surface area contributed by atoms with Crippen LogP contribution in [-0.2, 0) is 18.9 Å². The lowest BCUT2D eigenvalue weighted by molar-refractivity contribution is 0.129. The molecule has 16 rings (SSSR count). The minimum absolute atomic E-state index is 0.380. The summed E-state index contributed by atoms with van der Waals surface area (Å²) in [5, 5.41) is 11.5. The number of methoxy groups -OCH3 is 4. The van der Waals surface area contributed by atoms with Gasteiger partial charge < -0.3 is 59.2 Å². The first-order valence-corrected chi connectivity index (χ1v) is 35.5. The summed E-state index contributed by atoms with van der Waals surface area (Å²) in [6.45, 7) is 0. The van der Waals surface area contributed by atoms with Crippen molar-refractivity contribution in [1.29, 1.82) is 0 Å². The third-order valence-corrected chi connectivity index (χ3v) is 18.0. The van der Waals surface area contributed by atoms with Crippen molar-refractivity contribution in [1.82, 2.24) is 41.2 Å². The van der Waals surface area contributed by atoms with E-state index < -0.39 is 48.8 Å². The summed E-state index contributed by atoms with van der Waals surface area (Å²) >= 11 is 0. The van der Waals surface area contributed by atoms with E-state index in [1.165, 1.54) is 0 Å². The molecule has 0 radical (unpaired) electrons. The van der Waals surface area contributed by atoms with Crippen LogP contribution in [0.1, 0.15) is 138 Å². The molecule has 12 aromatic rings. The van der Waals surface area contributed by atoms with Gasteiger partial charge in [-0.15, -0.1) is 0 Å². The average molecular weight is 1480 g/mol. The summed E-state index contributed by atoms with van der Waals surface area (Å²) in [7, 11) is 6.39. The second kappa shape index (κ2) is 36.9. The highest BCUT2D eigenvalue weighted by atomic mass is 16.6. The van der Waals surface area contributed by atoms with Gasteiger partial charge in [-0.2, -0.15) is 0 Å². The van der Waals surface area contributed by atoms with E-state index in [0.717, 1.165) is 89.0 Å². The number of hydrogen-bond donors (Lipinski definition) is 4. The van der Waals surface area contributed by atoms with Crippen molar-refractivity contribution in [2.24, 2.45) is 0 Å². The van der Waals surface area contributed by atoms with Crippen LogP contribution >= 0.6 is 0 Å². The van der Waals surface area contributed by atoms with Crippen LogP contribution in [0.2, 0.25) is 0 Å². The number of nitrogens with zero attached hydrogens (tertiary/aromatic N) is 4. The summed E-state index contributed by atoms with van der Waals surface area (Å²) < 4.78 is 43.9. The lowest BCUT2D eigenvalue weighted by Gasteiger charge is -2.19. The van der Waals surface area contributed by atoms with Crippen molar-refractivity contribution < 1.29 is 57.1 Å². The minimum Gasteiger partial charge on any atom is -0.496 e. The number of amides is 4. The van der Waals surface area contributed by atoms with Gasteiger partial charge in [0.25, 0.3) is 0 Å². The standard InChI is InChI=1S/4C23H18N2O3/c4*1-27-20-10-6-5-9-19(20)22-21(25-23(26)28-22)18-13-17(14-24-15-18)12-11-16-7-3-2-4-8-16/h4*2-10,13-15,21-22H,1H3,(H,25,26)/t2*21-,22+;2*21-,22-/m1010/s1. The second-order valence-electron chi connectivity index (χ2n) is 25.3. The Morgan fingerprint density at radius 3 is 0.643 bits per heavy atom. The summed E-state index contributed by atoms with van der Waals surface area (Å²) in [5.41, 5.74) is 13.3. The molecule has 0 spiro atoms. The minimum atomic E-state index is -0.511. The first kappa shape index (κ1) is 75.1. The predicted molar refractivity (Wildman–Crippen MR) is 419 cm³/mol. The van der Waals surface area contributed by atoms with E-state index in [0.29, 0.717) is 23.0 Å². The monoisotopic (exact) mass is 1480 g/mol. The van der Waals surface area contributed by atoms with Gasteiger partial charge in [-0.05, 0) is 119 Å². The Morgan fingerprint density at radius 2 is 0.438 bits per heavy atom. The summed E-state index contributed by atoms with van der Waals surface area (Å²) in [4.78, 5) is 65.1. The van der Waals surface area contributed by atoms with Crippen LogP contribution in [-0.4, -0.2) is 72.7 Å². The molecule has 112 heavy (non-hydrogen) atoms. The highest BCUT2D eigenvalue weighted by molar-refractivity contribution is 5.74. The number of nitrogens with one attached hydrogen (secondary N) is 4. The normalized spacial score (nSPS) is 17.8. The molecule has 0 aliphatic carbocycles. The van der Waals surface area contributed by atoms with Crippen LogP contribution in [0.25, 0.3) is 0 Å². The molecular weight excluding hydrogens is 1410 g/mol. The van der Waals surface area contributed by atoms with Crippen LogP contribution < -0.4 is 40.2 Å². The van der Waals surface area contributed by atoms with Crippen LogP contribution in [0.5, 0.6) is 23.0 Å². The molecule has 8 atom stereocenters. The smallest absolute Gasteiger partial charge is 0.408 e. The number of alkyl carbamates (subject to hydrolysis) is 4. The molecule has 4 N–H and O–H groups in total. The molecule has 0 saturated carbocycles. The molecule has 4 aliphatic heterocycles. The predicted octanol–water partition coefficient (Wildman–Crippen LogP) is 16.0. The number of hydrogen-bond acceptors (Lipinski definition) is 16. The maximum atomic E-state index is 12.0. The molecule has 4 fully saturated rings. The highest BCUT2D eigenvalue weighted by Gasteiger charge is 2.42. The maximum Gasteiger partial charge on any atom is 0.408 e. The second-order valence-corrected chi connectivity index (χ2v) is 25.3. The van der Waals surface area contributed by atoms with E-state index >= 15 is 0 Å². The van der Waals surface area contributed by atoms with Crippen LogP contribution in [0.15, 0.2) is 292 Å². The van der Waals surface area contributed by atoms with Crippen molar-refractivity contribution in [3.05, 3.63) is 381 Å². The lowest BCUT2D eigenvalue weighted by Crippen LogP contribution is -2.20. The Hall–Kier alpha value is -15.1. The van der Waals surface area contributed by atoms with E-state index in [4.69, 9.17) is 37.9 Å². The fraction of sp³-hybridized carbons (Fsp3) is 0.130. The number of carbonyl (C=O) groups is 4. The Morgan fingerprint density at radius 1 is 0.250 bits per heavy atom.